The van der Waals surface area contributed by atoms with Gasteiger partial charge in [-0.1, -0.05) is 6.07 Å². The minimum absolute atomic E-state index is 0.212. The molecule has 6 heteroatoms. The molecule has 0 radical (unpaired) electrons. The Morgan fingerprint density at radius 2 is 2.12 bits per heavy atom. The highest BCUT2D eigenvalue weighted by molar-refractivity contribution is 5.23. The van der Waals surface area contributed by atoms with Crippen molar-refractivity contribution in [3.63, 3.8) is 0 Å². The van der Waals surface area contributed by atoms with E-state index in [1.165, 1.54) is 18.4 Å². The lowest BCUT2D eigenvalue weighted by Gasteiger charge is -2.21. The van der Waals surface area contributed by atoms with Crippen LogP contribution in [-0.2, 0) is 13.0 Å². The molecular weight excluding hydrogens is 311 g/mol. The predicted octanol–water partition coefficient (Wildman–Crippen LogP) is 2.84. The number of aromatic nitrogens is 1. The van der Waals surface area contributed by atoms with Gasteiger partial charge in [-0.3, -0.25) is 0 Å². The fraction of sp³-hybridized carbons (Fsp3) is 0.444. The van der Waals surface area contributed by atoms with Crippen LogP contribution in [0.2, 0.25) is 0 Å². The van der Waals surface area contributed by atoms with Gasteiger partial charge in [0, 0.05) is 12.5 Å². The second-order valence-electron chi connectivity index (χ2n) is 6.12. The van der Waals surface area contributed by atoms with Crippen LogP contribution >= 0.6 is 0 Å². The number of piperidine rings is 1. The Morgan fingerprint density at radius 3 is 2.92 bits per heavy atom. The molecule has 0 atom stereocenters. The first-order chi connectivity index (χ1) is 11.7. The van der Waals surface area contributed by atoms with E-state index in [9.17, 15) is 9.30 Å². The number of nitrogens with one attached hydrogen (secondary N) is 1. The third-order valence-corrected chi connectivity index (χ3v) is 4.46. The van der Waals surface area contributed by atoms with E-state index < -0.39 is 0 Å². The van der Waals surface area contributed by atoms with Gasteiger partial charge >= 0.3 is 5.69 Å². The zero-order valence-corrected chi connectivity index (χ0v) is 13.5. The van der Waals surface area contributed by atoms with Gasteiger partial charge in [-0.15, -0.1) is 0 Å². The topological polar surface area (TPSA) is 57.4 Å². The zero-order chi connectivity index (χ0) is 16.8. The molecule has 1 saturated heterocycles. The minimum atomic E-state index is -0.347. The quantitative estimate of drug-likeness (QED) is 0.883. The van der Waals surface area contributed by atoms with E-state index in [4.69, 9.17) is 9.26 Å². The van der Waals surface area contributed by atoms with Gasteiger partial charge < -0.3 is 10.1 Å². The third-order valence-electron chi connectivity index (χ3n) is 4.46. The number of ether oxygens (including phenoxy) is 1. The van der Waals surface area contributed by atoms with Gasteiger partial charge in [0.15, 0.2) is 6.26 Å². The number of benzene rings is 1. The molecule has 1 aliphatic heterocycles. The van der Waals surface area contributed by atoms with Crippen molar-refractivity contribution < 1.29 is 18.3 Å². The normalized spacial score (nSPS) is 15.4. The van der Waals surface area contributed by atoms with Crippen molar-refractivity contribution in [3.8, 4) is 5.75 Å². The Morgan fingerprint density at radius 1 is 1.29 bits per heavy atom. The van der Waals surface area contributed by atoms with Crippen molar-refractivity contribution in [2.45, 2.75) is 32.3 Å². The third kappa shape index (κ3) is 4.41. The molecule has 0 saturated carbocycles. The molecule has 1 aliphatic rings. The molecular formula is C18H22FN2O3+. The van der Waals surface area contributed by atoms with Crippen LogP contribution in [0, 0.1) is 16.6 Å². The van der Waals surface area contributed by atoms with E-state index in [1.807, 2.05) is 0 Å². The van der Waals surface area contributed by atoms with Crippen molar-refractivity contribution in [1.82, 2.24) is 5.32 Å². The molecule has 0 amide bonds. The predicted molar refractivity (Wildman–Crippen MR) is 86.7 cm³/mol. The molecule has 0 spiro atoms. The van der Waals surface area contributed by atoms with E-state index in [2.05, 4.69) is 5.32 Å². The largest absolute Gasteiger partial charge is 0.489 e. The van der Waals surface area contributed by atoms with Crippen molar-refractivity contribution in [2.24, 2.45) is 5.92 Å². The molecule has 0 bridgehead atoms. The first-order valence-electron chi connectivity index (χ1n) is 8.34. The Balaban J connectivity index is 1.66. The van der Waals surface area contributed by atoms with Crippen LogP contribution in [0.1, 0.15) is 30.5 Å². The van der Waals surface area contributed by atoms with Gasteiger partial charge in [-0.25, -0.2) is 4.39 Å². The van der Waals surface area contributed by atoms with Crippen LogP contribution in [-0.4, -0.2) is 13.1 Å². The van der Waals surface area contributed by atoms with Crippen LogP contribution in [0.3, 0.4) is 0 Å². The molecule has 1 aromatic heterocycles. The van der Waals surface area contributed by atoms with Gasteiger partial charge in [0.25, 0.3) is 4.60 Å². The Hall–Kier alpha value is -2.21. The van der Waals surface area contributed by atoms with Gasteiger partial charge in [-0.2, -0.15) is 4.52 Å². The highest BCUT2D eigenvalue weighted by atomic mass is 19.1. The van der Waals surface area contributed by atoms with Gasteiger partial charge in [0.05, 0.1) is 10.5 Å². The summed E-state index contributed by atoms with van der Waals surface area (Å²) < 4.78 is 24.3. The molecule has 128 valence electrons. The molecule has 0 aliphatic carbocycles. The van der Waals surface area contributed by atoms with Gasteiger partial charge in [0.2, 0.25) is 0 Å². The second-order valence-corrected chi connectivity index (χ2v) is 6.12. The maximum atomic E-state index is 13.2. The van der Waals surface area contributed by atoms with Gasteiger partial charge in [-0.05, 0) is 56.5 Å². The lowest BCUT2D eigenvalue weighted by molar-refractivity contribution is -0.715. The molecule has 2 aromatic rings. The molecule has 1 aromatic carbocycles. The highest BCUT2D eigenvalue weighted by Crippen LogP contribution is 2.20. The maximum absolute atomic E-state index is 13.2. The molecule has 3 rings (SSSR count). The van der Waals surface area contributed by atoms with E-state index in [-0.39, 0.29) is 12.4 Å². The summed E-state index contributed by atoms with van der Waals surface area (Å²) in [6, 6.07) is 7.72. The average Bonchev–Trinajstić information content (AvgIpc) is 2.60. The second kappa shape index (κ2) is 8.06. The smallest absolute Gasteiger partial charge is 0.300 e. The van der Waals surface area contributed by atoms with Crippen LogP contribution in [0.25, 0.3) is 0 Å². The first kappa shape index (κ1) is 16.6. The van der Waals surface area contributed by atoms with Crippen LogP contribution < -0.4 is 14.7 Å². The summed E-state index contributed by atoms with van der Waals surface area (Å²) in [6.07, 6.45) is 5.23. The van der Waals surface area contributed by atoms with Crippen molar-refractivity contribution in [2.75, 3.05) is 13.1 Å². The van der Waals surface area contributed by atoms with Crippen molar-refractivity contribution >= 4 is 0 Å². The lowest BCUT2D eigenvalue weighted by Crippen LogP contribution is -2.29. The molecule has 1 fully saturated rings. The number of nitrogens with zero attached hydrogens (tertiary/aromatic N) is 1. The fourth-order valence-electron chi connectivity index (χ4n) is 3.06. The van der Waals surface area contributed by atoms with E-state index in [1.54, 1.807) is 18.2 Å². The summed E-state index contributed by atoms with van der Waals surface area (Å²) in [7, 11) is 0. The number of rotatable bonds is 6. The SMILES string of the molecule is O=[n+]1occc(COc2cccc(F)c2)c1CCC1CCNCC1. The Bertz CT molecular complexity index is 726. The highest BCUT2D eigenvalue weighted by Gasteiger charge is 2.21. The molecule has 5 nitrogen and oxygen atoms in total. The Labute approximate surface area is 140 Å². The molecule has 1 N–H and O–H groups in total. The zero-order valence-electron chi connectivity index (χ0n) is 13.5. The standard InChI is InChI=1S/C18H22FN2O3/c19-16-2-1-3-17(12-16)23-13-15-8-11-24-21(22)18(15)5-4-14-6-9-20-10-7-14/h1-3,8,11-12,14,20H,4-7,9-10,13H2/q+1. The van der Waals surface area contributed by atoms with Crippen molar-refractivity contribution in [3.05, 3.63) is 58.6 Å². The van der Waals surface area contributed by atoms with Gasteiger partial charge in [0.1, 0.15) is 18.2 Å². The Kier molecular flexibility index (Phi) is 5.59. The average molecular weight is 333 g/mol. The first-order valence-corrected chi connectivity index (χ1v) is 8.34. The van der Waals surface area contributed by atoms with Crippen LogP contribution in [0.5, 0.6) is 5.75 Å². The summed E-state index contributed by atoms with van der Waals surface area (Å²) in [5.41, 5.74) is 1.36. The molecule has 2 heterocycles. The monoisotopic (exact) mass is 333 g/mol. The van der Waals surface area contributed by atoms with Crippen molar-refractivity contribution in [1.29, 1.82) is 0 Å². The summed E-state index contributed by atoms with van der Waals surface area (Å²) in [4.78, 5) is 12.0. The number of hydrogen-bond donors (Lipinski definition) is 1. The minimum Gasteiger partial charge on any atom is -0.489 e. The fourth-order valence-corrected chi connectivity index (χ4v) is 3.06. The lowest BCUT2D eigenvalue weighted by atomic mass is 9.92. The summed E-state index contributed by atoms with van der Waals surface area (Å²) in [6.45, 7) is 2.29. The summed E-state index contributed by atoms with van der Waals surface area (Å²) >= 11 is 0. The van der Waals surface area contributed by atoms with Crippen LogP contribution in [0.15, 0.2) is 41.1 Å². The van der Waals surface area contributed by atoms with E-state index in [0.717, 1.165) is 37.9 Å². The van der Waals surface area contributed by atoms with Crippen LogP contribution in [0.4, 0.5) is 4.39 Å². The number of halogens is 1. The van der Waals surface area contributed by atoms with E-state index in [0.29, 0.717) is 28.4 Å². The molecule has 24 heavy (non-hydrogen) atoms. The summed E-state index contributed by atoms with van der Waals surface area (Å²) in [5.74, 6) is 0.724. The van der Waals surface area contributed by atoms with E-state index >= 15 is 0 Å². The molecule has 0 unspecified atom stereocenters. The number of hydrogen-bond acceptors (Lipinski definition) is 4. The summed E-state index contributed by atoms with van der Waals surface area (Å²) in [5, 5.41) is 3.34. The maximum Gasteiger partial charge on any atom is 0.300 e.